The van der Waals surface area contributed by atoms with Crippen molar-refractivity contribution in [1.29, 1.82) is 0 Å². The molecule has 120 valence electrons. The van der Waals surface area contributed by atoms with Crippen LogP contribution < -0.4 is 4.74 Å². The van der Waals surface area contributed by atoms with Crippen LogP contribution in [0.15, 0.2) is 24.3 Å². The van der Waals surface area contributed by atoms with Gasteiger partial charge >= 0.3 is 0 Å². The molecule has 0 N–H and O–H groups in total. The van der Waals surface area contributed by atoms with Gasteiger partial charge in [0.2, 0.25) is 9.05 Å². The third-order valence-electron chi connectivity index (χ3n) is 3.40. The van der Waals surface area contributed by atoms with Crippen LogP contribution in [-0.4, -0.2) is 20.8 Å². The fourth-order valence-electron chi connectivity index (χ4n) is 2.65. The van der Waals surface area contributed by atoms with Crippen molar-refractivity contribution in [3.63, 3.8) is 0 Å². The number of hydrogen-bond acceptors (Lipinski definition) is 3. The van der Waals surface area contributed by atoms with Gasteiger partial charge in [-0.2, -0.15) is 0 Å². The van der Waals surface area contributed by atoms with E-state index < -0.39 is 14.5 Å². The van der Waals surface area contributed by atoms with Crippen LogP contribution in [0.1, 0.15) is 39.5 Å². The number of hydrogen-bond donors (Lipinski definition) is 0. The first kappa shape index (κ1) is 18.6. The van der Waals surface area contributed by atoms with E-state index in [9.17, 15) is 8.42 Å². The smallest absolute Gasteiger partial charge is 0.233 e. The van der Waals surface area contributed by atoms with Crippen LogP contribution in [0.25, 0.3) is 0 Å². The predicted octanol–water partition coefficient (Wildman–Crippen LogP) is 4.87. The minimum atomic E-state index is -3.57. The molecule has 21 heavy (non-hydrogen) atoms. The van der Waals surface area contributed by atoms with Crippen molar-refractivity contribution in [2.75, 3.05) is 12.4 Å². The third-order valence-corrected chi connectivity index (χ3v) is 4.93. The largest absolute Gasteiger partial charge is 0.493 e. The fraction of sp³-hybridized carbons (Fsp3) is 0.600. The maximum Gasteiger partial charge on any atom is 0.233 e. The van der Waals surface area contributed by atoms with Gasteiger partial charge in [-0.15, -0.1) is 0 Å². The van der Waals surface area contributed by atoms with Crippen molar-refractivity contribution in [2.45, 2.75) is 39.5 Å². The zero-order chi connectivity index (χ0) is 15.9. The van der Waals surface area contributed by atoms with E-state index in [2.05, 4.69) is 0 Å². The summed E-state index contributed by atoms with van der Waals surface area (Å²) in [7, 11) is 1.92. The average Bonchev–Trinajstić information content (AvgIpc) is 2.37. The van der Waals surface area contributed by atoms with Gasteiger partial charge in [0.1, 0.15) is 5.75 Å². The van der Waals surface area contributed by atoms with Gasteiger partial charge in [0, 0.05) is 21.1 Å². The lowest BCUT2D eigenvalue weighted by atomic mass is 9.82. The lowest BCUT2D eigenvalue weighted by molar-refractivity contribution is 0.141. The van der Waals surface area contributed by atoms with Crippen molar-refractivity contribution in [2.24, 2.45) is 5.41 Å². The lowest BCUT2D eigenvalue weighted by Gasteiger charge is -2.32. The van der Waals surface area contributed by atoms with Gasteiger partial charge in [-0.05, 0) is 37.1 Å². The molecular weight excluding hydrogens is 331 g/mol. The zero-order valence-corrected chi connectivity index (χ0v) is 14.8. The molecule has 0 unspecified atom stereocenters. The van der Waals surface area contributed by atoms with Crippen molar-refractivity contribution >= 4 is 31.3 Å². The van der Waals surface area contributed by atoms with Crippen LogP contribution in [0.5, 0.6) is 5.75 Å². The van der Waals surface area contributed by atoms with Crippen LogP contribution in [-0.2, 0) is 9.05 Å². The molecule has 0 bridgehead atoms. The highest BCUT2D eigenvalue weighted by Gasteiger charge is 2.34. The summed E-state index contributed by atoms with van der Waals surface area (Å²) in [6.45, 7) is 4.41. The molecule has 1 aromatic rings. The van der Waals surface area contributed by atoms with Gasteiger partial charge in [-0.1, -0.05) is 38.3 Å². The zero-order valence-electron chi connectivity index (χ0n) is 12.4. The Balaban J connectivity index is 2.86. The topological polar surface area (TPSA) is 43.4 Å². The summed E-state index contributed by atoms with van der Waals surface area (Å²) in [5.74, 6) is 0.625. The van der Waals surface area contributed by atoms with E-state index in [1.54, 1.807) is 24.3 Å². The molecule has 1 rings (SSSR count). The summed E-state index contributed by atoms with van der Waals surface area (Å²) in [6.07, 6.45) is 3.30. The number of ether oxygens (including phenoxy) is 1. The number of rotatable bonds is 9. The summed E-state index contributed by atoms with van der Waals surface area (Å²) in [6, 6.07) is 7.05. The van der Waals surface area contributed by atoms with Crippen LogP contribution in [0, 0.1) is 5.41 Å². The molecule has 0 amide bonds. The molecule has 0 aromatic heterocycles. The van der Waals surface area contributed by atoms with Gasteiger partial charge in [0.05, 0.1) is 12.4 Å². The molecule has 0 saturated heterocycles. The first-order chi connectivity index (χ1) is 9.80. The second kappa shape index (κ2) is 8.25. The maximum absolute atomic E-state index is 11.5. The first-order valence-corrected chi connectivity index (χ1v) is 9.96. The van der Waals surface area contributed by atoms with E-state index in [1.165, 1.54) is 0 Å². The molecule has 0 heterocycles. The second-order valence-corrected chi connectivity index (χ2v) is 8.64. The van der Waals surface area contributed by atoms with Crippen LogP contribution in [0.3, 0.4) is 0 Å². The molecule has 6 heteroatoms. The molecule has 0 aliphatic carbocycles. The van der Waals surface area contributed by atoms with E-state index in [1.807, 2.05) is 13.8 Å². The summed E-state index contributed by atoms with van der Waals surface area (Å²) < 4.78 is 28.9. The Morgan fingerprint density at radius 3 is 2.05 bits per heavy atom. The average molecular weight is 353 g/mol. The monoisotopic (exact) mass is 352 g/mol. The normalized spacial score (nSPS) is 12.4. The van der Waals surface area contributed by atoms with Gasteiger partial charge in [-0.3, -0.25) is 0 Å². The van der Waals surface area contributed by atoms with Crippen molar-refractivity contribution in [3.05, 3.63) is 29.3 Å². The second-order valence-electron chi connectivity index (χ2n) is 5.43. The highest BCUT2D eigenvalue weighted by Crippen LogP contribution is 2.34. The molecular formula is C15H22Cl2O3S. The van der Waals surface area contributed by atoms with Gasteiger partial charge < -0.3 is 4.74 Å². The Kier molecular flexibility index (Phi) is 7.31. The molecule has 0 aliphatic rings. The Bertz CT molecular complexity index is 520. The van der Waals surface area contributed by atoms with Crippen LogP contribution in [0.4, 0.5) is 0 Å². The molecule has 0 aliphatic heterocycles. The Hall–Kier alpha value is -0.450. The van der Waals surface area contributed by atoms with E-state index in [0.717, 1.165) is 25.7 Å². The third kappa shape index (κ3) is 6.90. The fourth-order valence-corrected chi connectivity index (χ4v) is 4.57. The Morgan fingerprint density at radius 2 is 1.62 bits per heavy atom. The lowest BCUT2D eigenvalue weighted by Crippen LogP contribution is -2.35. The van der Waals surface area contributed by atoms with Crippen molar-refractivity contribution < 1.29 is 13.2 Å². The van der Waals surface area contributed by atoms with Crippen LogP contribution >= 0.6 is 22.3 Å². The molecule has 0 saturated carbocycles. The van der Waals surface area contributed by atoms with Crippen molar-refractivity contribution in [1.82, 2.24) is 0 Å². The van der Waals surface area contributed by atoms with Crippen LogP contribution in [0.2, 0.25) is 5.02 Å². The first-order valence-electron chi connectivity index (χ1n) is 7.11. The SMILES string of the molecule is CCCC(CCC)(COc1ccc(Cl)cc1)CS(=O)(=O)Cl. The van der Waals surface area contributed by atoms with Crippen molar-refractivity contribution in [3.8, 4) is 5.75 Å². The Labute approximate surface area is 137 Å². The van der Waals surface area contributed by atoms with E-state index in [4.69, 9.17) is 27.0 Å². The molecule has 0 atom stereocenters. The number of benzene rings is 1. The Morgan fingerprint density at radius 1 is 1.10 bits per heavy atom. The number of halogens is 2. The molecule has 1 aromatic carbocycles. The van der Waals surface area contributed by atoms with E-state index in [0.29, 0.717) is 17.4 Å². The molecule has 0 radical (unpaired) electrons. The van der Waals surface area contributed by atoms with Gasteiger partial charge in [0.15, 0.2) is 0 Å². The summed E-state index contributed by atoms with van der Waals surface area (Å²) >= 11 is 5.84. The quantitative estimate of drug-likeness (QED) is 0.595. The molecule has 0 spiro atoms. The van der Waals surface area contributed by atoms with E-state index in [-0.39, 0.29) is 5.75 Å². The summed E-state index contributed by atoms with van der Waals surface area (Å²) in [4.78, 5) is 0. The summed E-state index contributed by atoms with van der Waals surface area (Å²) in [5, 5.41) is 0.638. The summed E-state index contributed by atoms with van der Waals surface area (Å²) in [5.41, 5.74) is -0.441. The standard InChI is InChI=1S/C15H22Cl2O3S/c1-3-9-15(10-4-2,12-21(17,18)19)11-20-14-7-5-13(16)6-8-14/h5-8H,3-4,9-12H2,1-2H3. The highest BCUT2D eigenvalue weighted by molar-refractivity contribution is 8.13. The van der Waals surface area contributed by atoms with Gasteiger partial charge in [-0.25, -0.2) is 8.42 Å². The minimum absolute atomic E-state index is 0.0587. The van der Waals surface area contributed by atoms with Gasteiger partial charge in [0.25, 0.3) is 0 Å². The maximum atomic E-state index is 11.5. The highest BCUT2D eigenvalue weighted by atomic mass is 35.7. The molecule has 0 fully saturated rings. The van der Waals surface area contributed by atoms with E-state index >= 15 is 0 Å². The molecule has 3 nitrogen and oxygen atoms in total. The predicted molar refractivity (Wildman–Crippen MR) is 88.8 cm³/mol. The minimum Gasteiger partial charge on any atom is -0.493 e.